The smallest absolute Gasteiger partial charge is 0.227 e. The number of rotatable bonds is 1. The summed E-state index contributed by atoms with van der Waals surface area (Å²) < 4.78 is 0. The maximum atomic E-state index is 12.2. The van der Waals surface area contributed by atoms with E-state index in [1.54, 1.807) is 0 Å². The van der Waals surface area contributed by atoms with Gasteiger partial charge in [-0.15, -0.1) is 0 Å². The zero-order valence-corrected chi connectivity index (χ0v) is 10.6. The van der Waals surface area contributed by atoms with Crippen molar-refractivity contribution in [3.8, 4) is 0 Å². The Balaban J connectivity index is 1.88. The molecule has 1 aromatic carbocycles. The van der Waals surface area contributed by atoms with Crippen LogP contribution >= 0.6 is 0 Å². The van der Waals surface area contributed by atoms with Gasteiger partial charge >= 0.3 is 0 Å². The highest BCUT2D eigenvalue weighted by Gasteiger charge is 2.35. The van der Waals surface area contributed by atoms with E-state index in [9.17, 15) is 9.59 Å². The second kappa shape index (κ2) is 3.93. The normalized spacial score (nSPS) is 18.7. The van der Waals surface area contributed by atoms with E-state index in [2.05, 4.69) is 15.3 Å². The van der Waals surface area contributed by atoms with Crippen LogP contribution in [0.1, 0.15) is 12.2 Å². The van der Waals surface area contributed by atoms with Crippen molar-refractivity contribution < 1.29 is 9.59 Å². The topological polar surface area (TPSA) is 78.1 Å². The summed E-state index contributed by atoms with van der Waals surface area (Å²) >= 11 is 0. The van der Waals surface area contributed by atoms with E-state index in [0.29, 0.717) is 36.7 Å². The van der Waals surface area contributed by atoms with E-state index in [0.717, 1.165) is 11.0 Å². The molecule has 1 saturated heterocycles. The third kappa shape index (κ3) is 1.54. The minimum absolute atomic E-state index is 0.0127. The monoisotopic (exact) mass is 268 g/mol. The Morgan fingerprint density at radius 1 is 1.20 bits per heavy atom. The fourth-order valence-corrected chi connectivity index (χ4v) is 2.70. The van der Waals surface area contributed by atoms with Gasteiger partial charge in [0.2, 0.25) is 5.91 Å². The van der Waals surface area contributed by atoms with Crippen molar-refractivity contribution in [1.82, 2.24) is 20.2 Å². The zero-order chi connectivity index (χ0) is 13.7. The molecule has 1 fully saturated rings. The number of Topliss-reactive ketones (excluding diaryl/α,β-unsaturated/α-hetero) is 1. The molecule has 3 heterocycles. The number of aromatic amines is 1. The van der Waals surface area contributed by atoms with Crippen molar-refractivity contribution in [3.05, 3.63) is 35.9 Å². The number of carbonyl (C=O) groups is 2. The largest absolute Gasteiger partial charge is 0.349 e. The molecule has 0 bridgehead atoms. The molecule has 6 heteroatoms. The van der Waals surface area contributed by atoms with Gasteiger partial charge in [-0.1, -0.05) is 12.1 Å². The van der Waals surface area contributed by atoms with E-state index in [-0.39, 0.29) is 11.7 Å². The van der Waals surface area contributed by atoms with Crippen molar-refractivity contribution in [3.63, 3.8) is 0 Å². The highest BCUT2D eigenvalue weighted by atomic mass is 16.2. The van der Waals surface area contributed by atoms with Crippen LogP contribution < -0.4 is 5.32 Å². The number of para-hydroxylation sites is 2. The SMILES string of the molecule is O=C1CCN2CC(=O)C(c3nc4ccccc4[nH]3)=C2N1. The molecular formula is C14H12N4O2. The Labute approximate surface area is 114 Å². The number of nitrogens with zero attached hydrogens (tertiary/aromatic N) is 2. The molecule has 2 aromatic rings. The summed E-state index contributed by atoms with van der Waals surface area (Å²) in [6.45, 7) is 0.888. The second-order valence-electron chi connectivity index (χ2n) is 4.97. The fraction of sp³-hybridized carbons (Fsp3) is 0.214. The summed E-state index contributed by atoms with van der Waals surface area (Å²) in [6.07, 6.45) is 0.421. The lowest BCUT2D eigenvalue weighted by Crippen LogP contribution is -2.41. The molecule has 0 spiro atoms. The molecular weight excluding hydrogens is 256 g/mol. The van der Waals surface area contributed by atoms with Crippen LogP contribution in [0.4, 0.5) is 0 Å². The second-order valence-corrected chi connectivity index (χ2v) is 4.97. The van der Waals surface area contributed by atoms with Crippen LogP contribution in [0.5, 0.6) is 0 Å². The number of hydrogen-bond acceptors (Lipinski definition) is 4. The predicted molar refractivity (Wildman–Crippen MR) is 72.4 cm³/mol. The molecule has 0 unspecified atom stereocenters. The van der Waals surface area contributed by atoms with E-state index < -0.39 is 0 Å². The van der Waals surface area contributed by atoms with Crippen LogP contribution in [-0.4, -0.2) is 39.6 Å². The molecule has 0 atom stereocenters. The van der Waals surface area contributed by atoms with Crippen LogP contribution in [0.2, 0.25) is 0 Å². The number of fused-ring (bicyclic) bond motifs is 2. The van der Waals surface area contributed by atoms with E-state index in [1.165, 1.54) is 0 Å². The molecule has 0 aliphatic carbocycles. The molecule has 6 nitrogen and oxygen atoms in total. The van der Waals surface area contributed by atoms with Gasteiger partial charge in [0.15, 0.2) is 5.78 Å². The number of aromatic nitrogens is 2. The van der Waals surface area contributed by atoms with Gasteiger partial charge in [-0.2, -0.15) is 0 Å². The van der Waals surface area contributed by atoms with Crippen molar-refractivity contribution in [1.29, 1.82) is 0 Å². The van der Waals surface area contributed by atoms with Gasteiger partial charge in [0.25, 0.3) is 0 Å². The van der Waals surface area contributed by atoms with Crippen molar-refractivity contribution in [2.24, 2.45) is 0 Å². The number of amides is 1. The fourth-order valence-electron chi connectivity index (χ4n) is 2.70. The van der Waals surface area contributed by atoms with Crippen molar-refractivity contribution in [2.75, 3.05) is 13.1 Å². The molecule has 0 saturated carbocycles. The Kier molecular flexibility index (Phi) is 2.20. The summed E-state index contributed by atoms with van der Waals surface area (Å²) in [5.74, 6) is 1.04. The summed E-state index contributed by atoms with van der Waals surface area (Å²) in [5, 5.41) is 2.79. The highest BCUT2D eigenvalue weighted by molar-refractivity contribution is 6.24. The highest BCUT2D eigenvalue weighted by Crippen LogP contribution is 2.28. The third-order valence-electron chi connectivity index (χ3n) is 3.66. The van der Waals surface area contributed by atoms with E-state index >= 15 is 0 Å². The number of nitrogens with one attached hydrogen (secondary N) is 2. The standard InChI is InChI=1S/C14H12N4O2/c19-10-7-18-6-5-11(20)17-14(18)12(10)13-15-8-3-1-2-4-9(8)16-13/h1-4H,5-7H2,(H,15,16)(H,17,20). The predicted octanol–water partition coefficient (Wildman–Crippen LogP) is 0.636. The number of benzene rings is 1. The lowest BCUT2D eigenvalue weighted by Gasteiger charge is -2.26. The zero-order valence-electron chi connectivity index (χ0n) is 10.6. The molecule has 2 aliphatic heterocycles. The molecule has 4 rings (SSSR count). The van der Waals surface area contributed by atoms with Crippen molar-refractivity contribution in [2.45, 2.75) is 6.42 Å². The van der Waals surface area contributed by atoms with Gasteiger partial charge in [-0.3, -0.25) is 9.59 Å². The average molecular weight is 268 g/mol. The van der Waals surface area contributed by atoms with E-state index in [4.69, 9.17) is 0 Å². The maximum absolute atomic E-state index is 12.2. The minimum Gasteiger partial charge on any atom is -0.349 e. The molecule has 0 radical (unpaired) electrons. The first-order valence-electron chi connectivity index (χ1n) is 6.50. The van der Waals surface area contributed by atoms with Crippen LogP contribution in [-0.2, 0) is 9.59 Å². The number of imidazole rings is 1. The van der Waals surface area contributed by atoms with E-state index in [1.807, 2.05) is 29.2 Å². The number of H-pyrrole nitrogens is 1. The number of carbonyl (C=O) groups excluding carboxylic acids is 2. The van der Waals surface area contributed by atoms with Crippen molar-refractivity contribution >= 4 is 28.3 Å². The first kappa shape index (κ1) is 11.2. The molecule has 2 N–H and O–H groups in total. The van der Waals surface area contributed by atoms with Gasteiger partial charge in [0.05, 0.1) is 17.6 Å². The Morgan fingerprint density at radius 3 is 2.90 bits per heavy atom. The van der Waals surface area contributed by atoms with Crippen LogP contribution in [0.25, 0.3) is 16.6 Å². The summed E-state index contributed by atoms with van der Waals surface area (Å²) in [4.78, 5) is 33.3. The quantitative estimate of drug-likeness (QED) is 0.795. The Morgan fingerprint density at radius 2 is 2.05 bits per heavy atom. The summed E-state index contributed by atoms with van der Waals surface area (Å²) in [5.41, 5.74) is 2.17. The molecule has 1 amide bonds. The molecule has 20 heavy (non-hydrogen) atoms. The average Bonchev–Trinajstić information content (AvgIpc) is 2.97. The Bertz CT molecular complexity index is 741. The summed E-state index contributed by atoms with van der Waals surface area (Å²) in [6, 6.07) is 7.61. The van der Waals surface area contributed by atoms with Gasteiger partial charge in [0, 0.05) is 13.0 Å². The van der Waals surface area contributed by atoms with Gasteiger partial charge in [-0.25, -0.2) is 4.98 Å². The molecule has 2 aliphatic rings. The first-order chi connectivity index (χ1) is 9.72. The van der Waals surface area contributed by atoms with Gasteiger partial charge in [-0.05, 0) is 12.1 Å². The van der Waals surface area contributed by atoms with Gasteiger partial charge < -0.3 is 15.2 Å². The van der Waals surface area contributed by atoms with Crippen LogP contribution in [0, 0.1) is 0 Å². The lowest BCUT2D eigenvalue weighted by molar-refractivity contribution is -0.123. The van der Waals surface area contributed by atoms with Gasteiger partial charge in [0.1, 0.15) is 17.2 Å². The third-order valence-corrected chi connectivity index (χ3v) is 3.66. The number of hydrogen-bond donors (Lipinski definition) is 2. The van der Waals surface area contributed by atoms with Crippen LogP contribution in [0.15, 0.2) is 30.1 Å². The van der Waals surface area contributed by atoms with Crippen LogP contribution in [0.3, 0.4) is 0 Å². The maximum Gasteiger partial charge on any atom is 0.227 e. The lowest BCUT2D eigenvalue weighted by atomic mass is 10.2. The summed E-state index contributed by atoms with van der Waals surface area (Å²) in [7, 11) is 0. The molecule has 1 aromatic heterocycles. The minimum atomic E-state index is -0.0560. The molecule has 100 valence electrons. The number of ketones is 1. The Hall–Kier alpha value is -2.63. The first-order valence-corrected chi connectivity index (χ1v) is 6.50.